The van der Waals surface area contributed by atoms with Crippen LogP contribution in [0.1, 0.15) is 49.4 Å². The molecular formula is C21H23N5. The van der Waals surface area contributed by atoms with Gasteiger partial charge in [-0.15, -0.1) is 0 Å². The molecule has 0 unspecified atom stereocenters. The lowest BCUT2D eigenvalue weighted by Gasteiger charge is -2.27. The molecule has 0 amide bonds. The van der Waals surface area contributed by atoms with Crippen molar-refractivity contribution in [3.05, 3.63) is 59.8 Å². The molecule has 0 aromatic carbocycles. The quantitative estimate of drug-likeness (QED) is 0.776. The SMILES string of the molecule is CC1CCC(Nc2ncc3c(n2)CC=C3c2ccc3nccn3c2)CC1. The van der Waals surface area contributed by atoms with E-state index in [1.165, 1.54) is 36.8 Å². The zero-order valence-electron chi connectivity index (χ0n) is 15.0. The number of pyridine rings is 1. The third-order valence-electron chi connectivity index (χ3n) is 5.71. The number of imidazole rings is 1. The van der Waals surface area contributed by atoms with E-state index >= 15 is 0 Å². The molecule has 0 aliphatic heterocycles. The van der Waals surface area contributed by atoms with Crippen molar-refractivity contribution in [1.82, 2.24) is 19.4 Å². The van der Waals surface area contributed by atoms with Crippen molar-refractivity contribution in [2.45, 2.75) is 45.1 Å². The van der Waals surface area contributed by atoms with E-state index < -0.39 is 0 Å². The molecule has 3 aromatic rings. The third kappa shape index (κ3) is 2.77. The first-order chi connectivity index (χ1) is 12.8. The molecule has 1 saturated carbocycles. The van der Waals surface area contributed by atoms with Crippen LogP contribution in [0.25, 0.3) is 11.2 Å². The second kappa shape index (κ2) is 6.24. The van der Waals surface area contributed by atoms with Crippen LogP contribution < -0.4 is 5.32 Å². The molecule has 0 bridgehead atoms. The van der Waals surface area contributed by atoms with Gasteiger partial charge in [0.1, 0.15) is 5.65 Å². The first-order valence-corrected chi connectivity index (χ1v) is 9.52. The summed E-state index contributed by atoms with van der Waals surface area (Å²) in [7, 11) is 0. The molecule has 3 aromatic heterocycles. The van der Waals surface area contributed by atoms with Crippen LogP contribution in [0.4, 0.5) is 5.95 Å². The maximum absolute atomic E-state index is 4.80. The lowest BCUT2D eigenvalue weighted by atomic mass is 9.87. The predicted octanol–water partition coefficient (Wildman–Crippen LogP) is 4.10. The fourth-order valence-corrected chi connectivity index (χ4v) is 4.12. The second-order valence-corrected chi connectivity index (χ2v) is 7.59. The van der Waals surface area contributed by atoms with E-state index in [4.69, 9.17) is 4.98 Å². The van der Waals surface area contributed by atoms with Crippen LogP contribution in [-0.2, 0) is 6.42 Å². The van der Waals surface area contributed by atoms with Gasteiger partial charge in [-0.05, 0) is 54.9 Å². The molecular weight excluding hydrogens is 322 g/mol. The van der Waals surface area contributed by atoms with Crippen LogP contribution in [0.2, 0.25) is 0 Å². The molecule has 2 aliphatic carbocycles. The van der Waals surface area contributed by atoms with Crippen LogP contribution in [0, 0.1) is 5.92 Å². The van der Waals surface area contributed by atoms with Gasteiger partial charge < -0.3 is 9.72 Å². The summed E-state index contributed by atoms with van der Waals surface area (Å²) < 4.78 is 2.05. The smallest absolute Gasteiger partial charge is 0.223 e. The normalized spacial score (nSPS) is 22.3. The molecule has 132 valence electrons. The molecule has 5 heteroatoms. The van der Waals surface area contributed by atoms with Gasteiger partial charge in [-0.3, -0.25) is 0 Å². The standard InChI is InChI=1S/C21H23N5/c1-14-2-5-16(6-3-14)24-21-23-12-18-17(7-8-19(18)25-21)15-4-9-20-22-10-11-26(20)13-15/h4,7,9-14,16H,2-3,5-6,8H2,1H3,(H,23,24,25). The highest BCUT2D eigenvalue weighted by atomic mass is 15.1. The highest BCUT2D eigenvalue weighted by molar-refractivity contribution is 5.83. The number of allylic oxidation sites excluding steroid dienone is 1. The number of anilines is 1. The van der Waals surface area contributed by atoms with E-state index in [0.717, 1.165) is 35.2 Å². The van der Waals surface area contributed by atoms with Crippen molar-refractivity contribution >= 4 is 17.2 Å². The molecule has 3 heterocycles. The van der Waals surface area contributed by atoms with E-state index in [2.05, 4.69) is 51.0 Å². The Kier molecular flexibility index (Phi) is 3.73. The number of nitrogens with one attached hydrogen (secondary N) is 1. The van der Waals surface area contributed by atoms with E-state index in [1.807, 2.05) is 18.6 Å². The van der Waals surface area contributed by atoms with Gasteiger partial charge in [0, 0.05) is 42.8 Å². The first kappa shape index (κ1) is 15.6. The van der Waals surface area contributed by atoms with Crippen molar-refractivity contribution in [2.24, 2.45) is 5.92 Å². The molecule has 5 nitrogen and oxygen atoms in total. The van der Waals surface area contributed by atoms with Gasteiger partial charge in [0.05, 0.1) is 5.69 Å². The number of fused-ring (bicyclic) bond motifs is 2. The largest absolute Gasteiger partial charge is 0.351 e. The summed E-state index contributed by atoms with van der Waals surface area (Å²) in [6.07, 6.45) is 16.1. The highest BCUT2D eigenvalue weighted by Gasteiger charge is 2.21. The third-order valence-corrected chi connectivity index (χ3v) is 5.71. The fourth-order valence-electron chi connectivity index (χ4n) is 4.12. The Morgan fingerprint density at radius 3 is 2.88 bits per heavy atom. The number of hydrogen-bond acceptors (Lipinski definition) is 4. The summed E-state index contributed by atoms with van der Waals surface area (Å²) in [5, 5.41) is 3.55. The average Bonchev–Trinajstić information content (AvgIpc) is 3.29. The Balaban J connectivity index is 1.37. The van der Waals surface area contributed by atoms with Crippen LogP contribution in [0.3, 0.4) is 0 Å². The molecule has 26 heavy (non-hydrogen) atoms. The molecule has 1 N–H and O–H groups in total. The second-order valence-electron chi connectivity index (χ2n) is 7.59. The number of hydrogen-bond donors (Lipinski definition) is 1. The van der Waals surface area contributed by atoms with Gasteiger partial charge in [-0.1, -0.05) is 13.0 Å². The van der Waals surface area contributed by atoms with Crippen LogP contribution in [0.15, 0.2) is 43.0 Å². The first-order valence-electron chi connectivity index (χ1n) is 9.52. The van der Waals surface area contributed by atoms with E-state index in [1.54, 1.807) is 0 Å². The summed E-state index contributed by atoms with van der Waals surface area (Å²) in [6, 6.07) is 4.69. The molecule has 0 spiro atoms. The van der Waals surface area contributed by atoms with Crippen molar-refractivity contribution in [1.29, 1.82) is 0 Å². The monoisotopic (exact) mass is 345 g/mol. The van der Waals surface area contributed by atoms with Gasteiger partial charge in [0.2, 0.25) is 5.95 Å². The van der Waals surface area contributed by atoms with E-state index in [9.17, 15) is 0 Å². The van der Waals surface area contributed by atoms with Crippen LogP contribution in [-0.4, -0.2) is 25.4 Å². The minimum Gasteiger partial charge on any atom is -0.351 e. The summed E-state index contributed by atoms with van der Waals surface area (Å²) in [4.78, 5) is 13.7. The Hall–Kier alpha value is -2.69. The Morgan fingerprint density at radius 2 is 2.00 bits per heavy atom. The average molecular weight is 345 g/mol. The highest BCUT2D eigenvalue weighted by Crippen LogP contribution is 2.32. The van der Waals surface area contributed by atoms with Gasteiger partial charge in [0.15, 0.2) is 0 Å². The van der Waals surface area contributed by atoms with Gasteiger partial charge in [-0.25, -0.2) is 15.0 Å². The van der Waals surface area contributed by atoms with E-state index in [0.29, 0.717) is 6.04 Å². The van der Waals surface area contributed by atoms with E-state index in [-0.39, 0.29) is 0 Å². The summed E-state index contributed by atoms with van der Waals surface area (Å²) in [5.74, 6) is 1.64. The zero-order valence-corrected chi connectivity index (χ0v) is 15.0. The molecule has 0 atom stereocenters. The molecule has 0 saturated heterocycles. The Morgan fingerprint density at radius 1 is 1.12 bits per heavy atom. The van der Waals surface area contributed by atoms with Crippen LogP contribution in [0.5, 0.6) is 0 Å². The lowest BCUT2D eigenvalue weighted by molar-refractivity contribution is 0.360. The molecule has 1 fully saturated rings. The number of rotatable bonds is 3. The van der Waals surface area contributed by atoms with Crippen molar-refractivity contribution < 1.29 is 0 Å². The summed E-state index contributed by atoms with van der Waals surface area (Å²) in [5.41, 5.74) is 5.62. The molecule has 5 rings (SSSR count). The van der Waals surface area contributed by atoms with Crippen LogP contribution >= 0.6 is 0 Å². The minimum atomic E-state index is 0.515. The number of nitrogens with zero attached hydrogens (tertiary/aromatic N) is 4. The van der Waals surface area contributed by atoms with Gasteiger partial charge in [-0.2, -0.15) is 0 Å². The maximum Gasteiger partial charge on any atom is 0.223 e. The van der Waals surface area contributed by atoms with Crippen molar-refractivity contribution in [3.63, 3.8) is 0 Å². The Bertz CT molecular complexity index is 979. The summed E-state index contributed by atoms with van der Waals surface area (Å²) in [6.45, 7) is 2.34. The molecule has 2 aliphatic rings. The minimum absolute atomic E-state index is 0.515. The topological polar surface area (TPSA) is 55.1 Å². The predicted molar refractivity (Wildman–Crippen MR) is 103 cm³/mol. The number of aromatic nitrogens is 4. The maximum atomic E-state index is 4.80. The van der Waals surface area contributed by atoms with Crippen molar-refractivity contribution in [3.8, 4) is 0 Å². The van der Waals surface area contributed by atoms with Crippen molar-refractivity contribution in [2.75, 3.05) is 5.32 Å². The zero-order chi connectivity index (χ0) is 17.5. The fraction of sp³-hybridized carbons (Fsp3) is 0.381. The Labute approximate surface area is 153 Å². The van der Waals surface area contributed by atoms with Gasteiger partial charge >= 0.3 is 0 Å². The summed E-state index contributed by atoms with van der Waals surface area (Å²) >= 11 is 0. The molecule has 0 radical (unpaired) electrons. The lowest BCUT2D eigenvalue weighted by Crippen LogP contribution is -2.26. The van der Waals surface area contributed by atoms with Gasteiger partial charge in [0.25, 0.3) is 0 Å².